The second-order valence-electron chi connectivity index (χ2n) is 4.04. The summed E-state index contributed by atoms with van der Waals surface area (Å²) < 4.78 is 0. The fourth-order valence-corrected chi connectivity index (χ4v) is 1.83. The number of carbonyl (C=O) groups excluding carboxylic acids is 1. The summed E-state index contributed by atoms with van der Waals surface area (Å²) in [6.45, 7) is 2.28. The third-order valence-corrected chi connectivity index (χ3v) is 2.99. The molecule has 0 saturated heterocycles. The number of hydrogen-bond acceptors (Lipinski definition) is 4. The van der Waals surface area contributed by atoms with Crippen molar-refractivity contribution < 1.29 is 4.79 Å². The maximum atomic E-state index is 12.1. The minimum Gasteiger partial charge on any atom is -0.348 e. The smallest absolute Gasteiger partial charge is 0.253 e. The molecule has 1 aromatic carbocycles. The van der Waals surface area contributed by atoms with Crippen LogP contribution in [0.5, 0.6) is 0 Å². The van der Waals surface area contributed by atoms with Gasteiger partial charge in [0.15, 0.2) is 0 Å². The van der Waals surface area contributed by atoms with E-state index in [2.05, 4.69) is 20.9 Å². The van der Waals surface area contributed by atoms with Crippen LogP contribution in [-0.2, 0) is 6.54 Å². The number of nitrogens with zero attached hydrogens (tertiary/aromatic N) is 1. The molecule has 7 heteroatoms. The number of rotatable bonds is 4. The Morgan fingerprint density at radius 2 is 2.32 bits per heavy atom. The molecule has 0 saturated carbocycles. The average molecular weight is 280 g/mol. The van der Waals surface area contributed by atoms with Crippen LogP contribution in [0.4, 0.5) is 5.69 Å². The van der Waals surface area contributed by atoms with Crippen LogP contribution < -0.4 is 16.6 Å². The van der Waals surface area contributed by atoms with Crippen LogP contribution in [-0.4, -0.2) is 16.1 Å². The summed E-state index contributed by atoms with van der Waals surface area (Å²) >= 11 is 5.88. The SMILES string of the molecule is Cc1[nH]ncc1CNC(=O)c1cc(Cl)ccc1NN. The first-order valence-electron chi connectivity index (χ1n) is 5.65. The number of carbonyl (C=O) groups is 1. The van der Waals surface area contributed by atoms with E-state index in [0.717, 1.165) is 11.3 Å². The van der Waals surface area contributed by atoms with Crippen molar-refractivity contribution in [3.05, 3.63) is 46.2 Å². The lowest BCUT2D eigenvalue weighted by Gasteiger charge is -2.09. The minimum atomic E-state index is -0.254. The number of aryl methyl sites for hydroxylation is 1. The highest BCUT2D eigenvalue weighted by atomic mass is 35.5. The highest BCUT2D eigenvalue weighted by Gasteiger charge is 2.12. The molecule has 100 valence electrons. The number of nitrogens with one attached hydrogen (secondary N) is 3. The maximum Gasteiger partial charge on any atom is 0.253 e. The van der Waals surface area contributed by atoms with Crippen molar-refractivity contribution in [2.75, 3.05) is 5.43 Å². The predicted octanol–water partition coefficient (Wildman–Crippen LogP) is 1.59. The largest absolute Gasteiger partial charge is 0.348 e. The molecule has 1 amide bonds. The first-order chi connectivity index (χ1) is 9.11. The highest BCUT2D eigenvalue weighted by Crippen LogP contribution is 2.19. The molecule has 2 aromatic rings. The van der Waals surface area contributed by atoms with E-state index in [1.54, 1.807) is 24.4 Å². The molecule has 6 nitrogen and oxygen atoms in total. The standard InChI is InChI=1S/C12H14ClN5O/c1-7-8(6-16-18-7)5-15-12(19)10-4-9(13)2-3-11(10)17-14/h2-4,6,17H,5,14H2,1H3,(H,15,19)(H,16,18). The Bertz CT molecular complexity index is 596. The van der Waals surface area contributed by atoms with Gasteiger partial charge < -0.3 is 10.7 Å². The van der Waals surface area contributed by atoms with Crippen molar-refractivity contribution in [3.8, 4) is 0 Å². The van der Waals surface area contributed by atoms with Gasteiger partial charge in [-0.15, -0.1) is 0 Å². The fourth-order valence-electron chi connectivity index (χ4n) is 1.65. The third kappa shape index (κ3) is 3.04. The summed E-state index contributed by atoms with van der Waals surface area (Å²) in [5.74, 6) is 5.11. The number of amides is 1. The minimum absolute atomic E-state index is 0.254. The van der Waals surface area contributed by atoms with Crippen molar-refractivity contribution >= 4 is 23.2 Å². The summed E-state index contributed by atoms with van der Waals surface area (Å²) in [7, 11) is 0. The number of hydrogen-bond donors (Lipinski definition) is 4. The molecule has 1 heterocycles. The molecule has 0 bridgehead atoms. The molecular formula is C12H14ClN5O. The Hall–Kier alpha value is -2.05. The van der Waals surface area contributed by atoms with Crippen molar-refractivity contribution in [1.82, 2.24) is 15.5 Å². The number of H-pyrrole nitrogens is 1. The highest BCUT2D eigenvalue weighted by molar-refractivity contribution is 6.31. The lowest BCUT2D eigenvalue weighted by atomic mass is 10.1. The average Bonchev–Trinajstić information content (AvgIpc) is 2.81. The van der Waals surface area contributed by atoms with Gasteiger partial charge in [0.2, 0.25) is 0 Å². The van der Waals surface area contributed by atoms with E-state index in [1.165, 1.54) is 0 Å². The molecule has 0 aliphatic heterocycles. The van der Waals surface area contributed by atoms with Gasteiger partial charge in [0.25, 0.3) is 5.91 Å². The topological polar surface area (TPSA) is 95.8 Å². The molecule has 0 aliphatic rings. The zero-order chi connectivity index (χ0) is 13.8. The maximum absolute atomic E-state index is 12.1. The number of hydrazine groups is 1. The number of nitrogen functional groups attached to an aromatic ring is 1. The van der Waals surface area contributed by atoms with Gasteiger partial charge in [-0.1, -0.05) is 11.6 Å². The van der Waals surface area contributed by atoms with Gasteiger partial charge in [0.1, 0.15) is 0 Å². The Labute approximate surface area is 115 Å². The van der Waals surface area contributed by atoms with Crippen LogP contribution in [0.25, 0.3) is 0 Å². The van der Waals surface area contributed by atoms with Gasteiger partial charge in [0, 0.05) is 22.8 Å². The van der Waals surface area contributed by atoms with Gasteiger partial charge in [-0.05, 0) is 25.1 Å². The van der Waals surface area contributed by atoms with E-state index in [-0.39, 0.29) is 5.91 Å². The molecule has 2 rings (SSSR count). The van der Waals surface area contributed by atoms with Crippen molar-refractivity contribution in [2.24, 2.45) is 5.84 Å². The fraction of sp³-hybridized carbons (Fsp3) is 0.167. The molecule has 19 heavy (non-hydrogen) atoms. The number of nitrogens with two attached hydrogens (primary N) is 1. The second kappa shape index (κ2) is 5.73. The third-order valence-electron chi connectivity index (χ3n) is 2.76. The number of halogens is 1. The van der Waals surface area contributed by atoms with E-state index in [1.807, 2.05) is 6.92 Å². The molecule has 1 aromatic heterocycles. The molecule has 5 N–H and O–H groups in total. The van der Waals surface area contributed by atoms with Crippen LogP contribution in [0.15, 0.2) is 24.4 Å². The van der Waals surface area contributed by atoms with Gasteiger partial charge >= 0.3 is 0 Å². The zero-order valence-corrected chi connectivity index (χ0v) is 11.1. The van der Waals surface area contributed by atoms with E-state index in [0.29, 0.717) is 22.8 Å². The lowest BCUT2D eigenvalue weighted by molar-refractivity contribution is 0.0951. The number of anilines is 1. The second-order valence-corrected chi connectivity index (χ2v) is 4.47. The molecule has 0 aliphatic carbocycles. The summed E-state index contributed by atoms with van der Waals surface area (Å²) in [6, 6.07) is 4.88. The quantitative estimate of drug-likeness (QED) is 0.505. The number of aromatic nitrogens is 2. The molecule has 0 unspecified atom stereocenters. The molecule has 0 atom stereocenters. The summed E-state index contributed by atoms with van der Waals surface area (Å²) in [4.78, 5) is 12.1. The van der Waals surface area contributed by atoms with E-state index in [4.69, 9.17) is 17.4 Å². The van der Waals surface area contributed by atoms with Crippen LogP contribution in [0, 0.1) is 6.92 Å². The van der Waals surface area contributed by atoms with Gasteiger partial charge in [-0.3, -0.25) is 15.7 Å². The molecule has 0 fully saturated rings. The van der Waals surface area contributed by atoms with Gasteiger partial charge in [0.05, 0.1) is 17.4 Å². The Morgan fingerprint density at radius 3 is 2.95 bits per heavy atom. The van der Waals surface area contributed by atoms with Gasteiger partial charge in [-0.2, -0.15) is 5.10 Å². The van der Waals surface area contributed by atoms with Crippen molar-refractivity contribution in [2.45, 2.75) is 13.5 Å². The van der Waals surface area contributed by atoms with E-state index >= 15 is 0 Å². The Balaban J connectivity index is 2.12. The monoisotopic (exact) mass is 279 g/mol. The van der Waals surface area contributed by atoms with Crippen LogP contribution in [0.1, 0.15) is 21.6 Å². The molecule has 0 radical (unpaired) electrons. The number of aromatic amines is 1. The first kappa shape index (κ1) is 13.4. The Morgan fingerprint density at radius 1 is 1.53 bits per heavy atom. The molecule has 0 spiro atoms. The zero-order valence-electron chi connectivity index (χ0n) is 10.3. The van der Waals surface area contributed by atoms with E-state index in [9.17, 15) is 4.79 Å². The summed E-state index contributed by atoms with van der Waals surface area (Å²) in [5.41, 5.74) is 5.24. The summed E-state index contributed by atoms with van der Waals surface area (Å²) in [5, 5.41) is 9.97. The predicted molar refractivity (Wildman–Crippen MR) is 73.8 cm³/mol. The van der Waals surface area contributed by atoms with Crippen LogP contribution in [0.2, 0.25) is 5.02 Å². The number of benzene rings is 1. The van der Waals surface area contributed by atoms with Crippen molar-refractivity contribution in [1.29, 1.82) is 0 Å². The Kier molecular flexibility index (Phi) is 4.03. The van der Waals surface area contributed by atoms with Crippen molar-refractivity contribution in [3.63, 3.8) is 0 Å². The first-order valence-corrected chi connectivity index (χ1v) is 6.03. The van der Waals surface area contributed by atoms with E-state index < -0.39 is 0 Å². The van der Waals surface area contributed by atoms with Crippen LogP contribution >= 0.6 is 11.6 Å². The normalized spacial score (nSPS) is 10.3. The van der Waals surface area contributed by atoms with Crippen LogP contribution in [0.3, 0.4) is 0 Å². The lowest BCUT2D eigenvalue weighted by Crippen LogP contribution is -2.25. The molecular weight excluding hydrogens is 266 g/mol. The van der Waals surface area contributed by atoms with Gasteiger partial charge in [-0.25, -0.2) is 0 Å². The summed E-state index contributed by atoms with van der Waals surface area (Å²) in [6.07, 6.45) is 1.68.